The number of nitrogens with zero attached hydrogens (tertiary/aromatic N) is 3. The van der Waals surface area contributed by atoms with Crippen LogP contribution < -0.4 is 10.2 Å². The first-order valence-electron chi connectivity index (χ1n) is 6.60. The molecule has 0 bridgehead atoms. The van der Waals surface area contributed by atoms with Gasteiger partial charge in [-0.1, -0.05) is 0 Å². The molecule has 2 fully saturated rings. The number of aryl methyl sites for hydroxylation is 1. The average Bonchev–Trinajstić information content (AvgIpc) is 3.11. The van der Waals surface area contributed by atoms with Crippen molar-refractivity contribution < 1.29 is 9.18 Å². The molecule has 0 spiro atoms. The molecule has 1 unspecified atom stereocenters. The van der Waals surface area contributed by atoms with Crippen molar-refractivity contribution in [1.82, 2.24) is 15.3 Å². The summed E-state index contributed by atoms with van der Waals surface area (Å²) in [4.78, 5) is 22.0. The number of nitrogens with one attached hydrogen (secondary N) is 1. The fraction of sp³-hybridized carbons (Fsp3) is 0.615. The summed E-state index contributed by atoms with van der Waals surface area (Å²) in [6, 6.07) is 0.185. The Bertz CT molecular complexity index is 488. The molecular formula is C13H17FN4O. The highest BCUT2D eigenvalue weighted by molar-refractivity contribution is 5.87. The summed E-state index contributed by atoms with van der Waals surface area (Å²) < 4.78 is 14.6. The van der Waals surface area contributed by atoms with E-state index in [9.17, 15) is 9.18 Å². The fourth-order valence-electron chi connectivity index (χ4n) is 2.22. The van der Waals surface area contributed by atoms with Crippen LogP contribution >= 0.6 is 0 Å². The largest absolute Gasteiger partial charge is 0.351 e. The molecule has 1 aromatic rings. The summed E-state index contributed by atoms with van der Waals surface area (Å²) in [5.74, 6) is 0.00830. The summed E-state index contributed by atoms with van der Waals surface area (Å²) in [5.41, 5.74) is -0.849. The lowest BCUT2D eigenvalue weighted by atomic mass is 10.1. The van der Waals surface area contributed by atoms with Crippen LogP contribution in [0.1, 0.15) is 24.8 Å². The zero-order valence-electron chi connectivity index (χ0n) is 10.9. The predicted octanol–water partition coefficient (Wildman–Crippen LogP) is 0.982. The van der Waals surface area contributed by atoms with Gasteiger partial charge in [-0.3, -0.25) is 4.79 Å². The van der Waals surface area contributed by atoms with Crippen molar-refractivity contribution in [1.29, 1.82) is 0 Å². The first-order valence-corrected chi connectivity index (χ1v) is 6.60. The summed E-state index contributed by atoms with van der Waals surface area (Å²) in [7, 11) is 0. The molecule has 3 rings (SSSR count). The molecular weight excluding hydrogens is 247 g/mol. The molecule has 6 heteroatoms. The third kappa shape index (κ3) is 2.52. The highest BCUT2D eigenvalue weighted by atomic mass is 19.1. The van der Waals surface area contributed by atoms with E-state index in [1.165, 1.54) is 0 Å². The van der Waals surface area contributed by atoms with E-state index < -0.39 is 11.6 Å². The topological polar surface area (TPSA) is 58.1 Å². The normalized spacial score (nSPS) is 26.5. The standard InChI is InChI=1S/C13H17FN4O/c1-9-6-15-12(16-7-9)18-5-4-13(14,8-18)11(19)17-10-2-3-10/h6-7,10H,2-5,8H2,1H3,(H,17,19). The molecule has 1 aromatic heterocycles. The number of amides is 1. The summed E-state index contributed by atoms with van der Waals surface area (Å²) >= 11 is 0. The number of hydrogen-bond donors (Lipinski definition) is 1. The highest BCUT2D eigenvalue weighted by Gasteiger charge is 2.47. The van der Waals surface area contributed by atoms with Crippen molar-refractivity contribution in [3.8, 4) is 0 Å². The average molecular weight is 264 g/mol. The van der Waals surface area contributed by atoms with Crippen molar-refractivity contribution in [2.24, 2.45) is 0 Å². The van der Waals surface area contributed by atoms with Gasteiger partial charge in [0.1, 0.15) is 0 Å². The van der Waals surface area contributed by atoms with Gasteiger partial charge >= 0.3 is 0 Å². The van der Waals surface area contributed by atoms with Crippen LogP contribution in [0, 0.1) is 6.92 Å². The molecule has 1 amide bonds. The number of anilines is 1. The second-order valence-electron chi connectivity index (χ2n) is 5.45. The first-order chi connectivity index (χ1) is 9.07. The lowest BCUT2D eigenvalue weighted by Crippen LogP contribution is -2.46. The van der Waals surface area contributed by atoms with Gasteiger partial charge in [0.05, 0.1) is 6.54 Å². The summed E-state index contributed by atoms with van der Waals surface area (Å²) in [6.07, 6.45) is 5.53. The molecule has 2 heterocycles. The Balaban J connectivity index is 1.68. The lowest BCUT2D eigenvalue weighted by Gasteiger charge is -2.20. The minimum absolute atomic E-state index is 0.0363. The summed E-state index contributed by atoms with van der Waals surface area (Å²) in [5, 5.41) is 2.74. The second kappa shape index (κ2) is 4.43. The zero-order valence-corrected chi connectivity index (χ0v) is 10.9. The maximum atomic E-state index is 14.6. The van der Waals surface area contributed by atoms with E-state index in [0.29, 0.717) is 12.5 Å². The molecule has 102 valence electrons. The van der Waals surface area contributed by atoms with Gasteiger partial charge in [-0.05, 0) is 25.3 Å². The van der Waals surface area contributed by atoms with E-state index in [1.54, 1.807) is 17.3 Å². The minimum Gasteiger partial charge on any atom is -0.351 e. The maximum Gasteiger partial charge on any atom is 0.259 e. The number of carbonyl (C=O) groups is 1. The Morgan fingerprint density at radius 2 is 2.16 bits per heavy atom. The van der Waals surface area contributed by atoms with E-state index in [2.05, 4.69) is 15.3 Å². The van der Waals surface area contributed by atoms with E-state index >= 15 is 0 Å². The lowest BCUT2D eigenvalue weighted by molar-refractivity contribution is -0.131. The molecule has 19 heavy (non-hydrogen) atoms. The minimum atomic E-state index is -1.81. The monoisotopic (exact) mass is 264 g/mol. The van der Waals surface area contributed by atoms with Crippen molar-refractivity contribution in [3.05, 3.63) is 18.0 Å². The highest BCUT2D eigenvalue weighted by Crippen LogP contribution is 2.30. The number of carbonyl (C=O) groups excluding carboxylic acids is 1. The van der Waals surface area contributed by atoms with E-state index in [4.69, 9.17) is 0 Å². The van der Waals surface area contributed by atoms with Crippen LogP contribution in [0.2, 0.25) is 0 Å². The Hall–Kier alpha value is -1.72. The van der Waals surface area contributed by atoms with Gasteiger partial charge in [-0.2, -0.15) is 0 Å². The SMILES string of the molecule is Cc1cnc(N2CCC(F)(C(=O)NC3CC3)C2)nc1. The Morgan fingerprint density at radius 1 is 1.47 bits per heavy atom. The molecule has 1 N–H and O–H groups in total. The second-order valence-corrected chi connectivity index (χ2v) is 5.45. The van der Waals surface area contributed by atoms with Crippen molar-refractivity contribution in [2.75, 3.05) is 18.0 Å². The van der Waals surface area contributed by atoms with Crippen LogP contribution in [0.5, 0.6) is 0 Å². The number of rotatable bonds is 3. The summed E-state index contributed by atoms with van der Waals surface area (Å²) in [6.45, 7) is 2.41. The predicted molar refractivity (Wildman–Crippen MR) is 68.6 cm³/mol. The molecule has 1 aliphatic heterocycles. The van der Waals surface area contributed by atoms with Crippen LogP contribution in [0.4, 0.5) is 10.3 Å². The first kappa shape index (κ1) is 12.3. The van der Waals surface area contributed by atoms with Crippen LogP contribution in [0.15, 0.2) is 12.4 Å². The molecule has 1 aliphatic carbocycles. The molecule has 1 saturated carbocycles. The van der Waals surface area contributed by atoms with Crippen LogP contribution in [0.3, 0.4) is 0 Å². The van der Waals surface area contributed by atoms with Gasteiger partial charge in [0, 0.05) is 31.4 Å². The molecule has 5 nitrogen and oxygen atoms in total. The maximum absolute atomic E-state index is 14.6. The quantitative estimate of drug-likeness (QED) is 0.884. The van der Waals surface area contributed by atoms with E-state index in [0.717, 1.165) is 18.4 Å². The number of hydrogen-bond acceptors (Lipinski definition) is 4. The molecule has 2 aliphatic rings. The van der Waals surface area contributed by atoms with E-state index in [1.807, 2.05) is 6.92 Å². The van der Waals surface area contributed by atoms with E-state index in [-0.39, 0.29) is 19.0 Å². The number of aromatic nitrogens is 2. The Kier molecular flexibility index (Phi) is 2.88. The van der Waals surface area contributed by atoms with Gasteiger partial charge in [0.25, 0.3) is 5.91 Å². The van der Waals surface area contributed by atoms with Crippen LogP contribution in [-0.4, -0.2) is 40.7 Å². The molecule has 0 radical (unpaired) electrons. The molecule has 1 saturated heterocycles. The molecule has 0 aromatic carbocycles. The van der Waals surface area contributed by atoms with Crippen molar-refractivity contribution in [2.45, 2.75) is 37.9 Å². The van der Waals surface area contributed by atoms with Crippen LogP contribution in [-0.2, 0) is 4.79 Å². The smallest absolute Gasteiger partial charge is 0.259 e. The third-order valence-corrected chi connectivity index (χ3v) is 3.59. The van der Waals surface area contributed by atoms with Gasteiger partial charge in [-0.25, -0.2) is 14.4 Å². The number of halogens is 1. The van der Waals surface area contributed by atoms with Gasteiger partial charge in [-0.15, -0.1) is 0 Å². The van der Waals surface area contributed by atoms with Gasteiger partial charge in [0.15, 0.2) is 0 Å². The van der Waals surface area contributed by atoms with Crippen LogP contribution in [0.25, 0.3) is 0 Å². The Labute approximate surface area is 111 Å². The zero-order chi connectivity index (χ0) is 13.5. The number of alkyl halides is 1. The van der Waals surface area contributed by atoms with Crippen molar-refractivity contribution >= 4 is 11.9 Å². The van der Waals surface area contributed by atoms with Gasteiger partial charge in [0.2, 0.25) is 11.6 Å². The fourth-order valence-corrected chi connectivity index (χ4v) is 2.22. The Morgan fingerprint density at radius 3 is 2.79 bits per heavy atom. The molecule has 1 atom stereocenters. The third-order valence-electron chi connectivity index (χ3n) is 3.59. The van der Waals surface area contributed by atoms with Gasteiger partial charge < -0.3 is 10.2 Å². The van der Waals surface area contributed by atoms with Crippen molar-refractivity contribution in [3.63, 3.8) is 0 Å².